The fourth-order valence-electron chi connectivity index (χ4n) is 3.91. The lowest BCUT2D eigenvalue weighted by Crippen LogP contribution is -2.44. The van der Waals surface area contributed by atoms with E-state index >= 15 is 0 Å². The number of ether oxygens (including phenoxy) is 1. The molecule has 1 fully saturated rings. The average molecular weight is 489 g/mol. The number of rotatable bonds is 6. The lowest BCUT2D eigenvalue weighted by molar-refractivity contribution is 0.0487. The smallest absolute Gasteiger partial charge is 0.265 e. The highest BCUT2D eigenvalue weighted by atomic mass is 35.5. The molecule has 1 saturated heterocycles. The molecule has 1 aliphatic rings. The lowest BCUT2D eigenvalue weighted by atomic mass is 9.74. The van der Waals surface area contributed by atoms with Crippen molar-refractivity contribution in [1.29, 1.82) is 0 Å². The Morgan fingerprint density at radius 2 is 1.81 bits per heavy atom. The fourth-order valence-corrected chi connectivity index (χ4v) is 5.14. The molecule has 166 valence electrons. The van der Waals surface area contributed by atoms with E-state index in [1.165, 1.54) is 11.3 Å². The maximum Gasteiger partial charge on any atom is 0.265 e. The number of benzene rings is 2. The third kappa shape index (κ3) is 5.15. The SMILES string of the molecule is O=C(NCC1(c2ccc(Cl)cc2Cl)CCOCC1)c1cccc(NC(=O)c2cccs2)c1. The van der Waals surface area contributed by atoms with Crippen molar-refractivity contribution in [3.05, 3.63) is 86.0 Å². The molecule has 0 atom stereocenters. The van der Waals surface area contributed by atoms with Crippen LogP contribution in [0, 0.1) is 0 Å². The van der Waals surface area contributed by atoms with E-state index in [1.807, 2.05) is 23.6 Å². The van der Waals surface area contributed by atoms with Crippen LogP contribution in [-0.4, -0.2) is 31.6 Å². The molecule has 2 amide bonds. The third-order valence-corrected chi connectivity index (χ3v) is 7.08. The van der Waals surface area contributed by atoms with Crippen molar-refractivity contribution in [3.8, 4) is 0 Å². The Labute approximate surface area is 200 Å². The first kappa shape index (κ1) is 22.8. The summed E-state index contributed by atoms with van der Waals surface area (Å²) in [4.78, 5) is 25.9. The first-order chi connectivity index (χ1) is 15.5. The standard InChI is InChI=1S/C24H22Cl2N2O3S/c25-17-6-7-19(20(26)14-17)24(8-10-31-11-9-24)15-27-22(29)16-3-1-4-18(13-16)28-23(30)21-5-2-12-32-21/h1-7,12-14H,8-11,15H2,(H,27,29)(H,28,30). The van der Waals surface area contributed by atoms with Gasteiger partial charge in [0.2, 0.25) is 0 Å². The molecule has 0 unspecified atom stereocenters. The van der Waals surface area contributed by atoms with Crippen LogP contribution in [0.1, 0.15) is 38.4 Å². The van der Waals surface area contributed by atoms with E-state index in [9.17, 15) is 9.59 Å². The van der Waals surface area contributed by atoms with Gasteiger partial charge in [0.05, 0.1) is 4.88 Å². The van der Waals surface area contributed by atoms with E-state index in [4.69, 9.17) is 27.9 Å². The minimum absolute atomic E-state index is 0.198. The minimum atomic E-state index is -0.333. The van der Waals surface area contributed by atoms with Crippen LogP contribution in [0.5, 0.6) is 0 Å². The van der Waals surface area contributed by atoms with Crippen molar-refractivity contribution in [2.24, 2.45) is 0 Å². The molecule has 5 nitrogen and oxygen atoms in total. The van der Waals surface area contributed by atoms with Gasteiger partial charge in [-0.2, -0.15) is 0 Å². The Hall–Kier alpha value is -2.38. The van der Waals surface area contributed by atoms with Crippen LogP contribution >= 0.6 is 34.5 Å². The number of halogens is 2. The van der Waals surface area contributed by atoms with Crippen molar-refractivity contribution >= 4 is 52.0 Å². The molecule has 2 heterocycles. The van der Waals surface area contributed by atoms with Crippen LogP contribution in [0.2, 0.25) is 10.0 Å². The van der Waals surface area contributed by atoms with Gasteiger partial charge in [0, 0.05) is 46.5 Å². The van der Waals surface area contributed by atoms with Gasteiger partial charge in [0.1, 0.15) is 0 Å². The van der Waals surface area contributed by atoms with Gasteiger partial charge >= 0.3 is 0 Å². The fraction of sp³-hybridized carbons (Fsp3) is 0.250. The Bertz CT molecular complexity index is 1110. The summed E-state index contributed by atoms with van der Waals surface area (Å²) < 4.78 is 5.56. The number of thiophene rings is 1. The number of nitrogens with one attached hydrogen (secondary N) is 2. The zero-order valence-electron chi connectivity index (χ0n) is 17.2. The topological polar surface area (TPSA) is 67.4 Å². The van der Waals surface area contributed by atoms with Crippen molar-refractivity contribution in [2.45, 2.75) is 18.3 Å². The summed E-state index contributed by atoms with van der Waals surface area (Å²) in [7, 11) is 0. The highest BCUT2D eigenvalue weighted by Crippen LogP contribution is 2.39. The van der Waals surface area contributed by atoms with Gasteiger partial charge in [-0.3, -0.25) is 9.59 Å². The lowest BCUT2D eigenvalue weighted by Gasteiger charge is -2.38. The third-order valence-electron chi connectivity index (χ3n) is 5.67. The molecule has 2 N–H and O–H groups in total. The van der Waals surface area contributed by atoms with Gasteiger partial charge < -0.3 is 15.4 Å². The second-order valence-electron chi connectivity index (χ2n) is 7.71. The van der Waals surface area contributed by atoms with Crippen LogP contribution in [-0.2, 0) is 10.2 Å². The molecular formula is C24H22Cl2N2O3S. The minimum Gasteiger partial charge on any atom is -0.381 e. The zero-order valence-corrected chi connectivity index (χ0v) is 19.5. The second kappa shape index (κ2) is 10.0. The normalized spacial score (nSPS) is 15.2. The number of hydrogen-bond donors (Lipinski definition) is 2. The quantitative estimate of drug-likeness (QED) is 0.461. The first-order valence-electron chi connectivity index (χ1n) is 10.2. The molecule has 0 bridgehead atoms. The maximum atomic E-state index is 13.0. The van der Waals surface area contributed by atoms with Crippen molar-refractivity contribution < 1.29 is 14.3 Å². The molecular weight excluding hydrogens is 467 g/mol. The average Bonchev–Trinajstić information content (AvgIpc) is 3.33. The molecule has 1 aromatic heterocycles. The summed E-state index contributed by atoms with van der Waals surface area (Å²) in [5.74, 6) is -0.413. The maximum absolute atomic E-state index is 13.0. The second-order valence-corrected chi connectivity index (χ2v) is 9.50. The number of amides is 2. The Morgan fingerprint density at radius 1 is 1.00 bits per heavy atom. The van der Waals surface area contributed by atoms with E-state index in [2.05, 4.69) is 10.6 Å². The summed E-state index contributed by atoms with van der Waals surface area (Å²) >= 11 is 14.0. The van der Waals surface area contributed by atoms with Gasteiger partial charge in [0.15, 0.2) is 0 Å². The highest BCUT2D eigenvalue weighted by molar-refractivity contribution is 7.12. The molecule has 0 saturated carbocycles. The summed E-state index contributed by atoms with van der Waals surface area (Å²) in [6.45, 7) is 1.61. The zero-order chi connectivity index (χ0) is 22.6. The molecule has 8 heteroatoms. The number of carbonyl (C=O) groups is 2. The Kier molecular flexibility index (Phi) is 7.16. The molecule has 3 aromatic rings. The summed E-state index contributed by atoms with van der Waals surface area (Å²) in [6, 6.07) is 16.0. The van der Waals surface area contributed by atoms with Gasteiger partial charge in [-0.05, 0) is 60.2 Å². The van der Waals surface area contributed by atoms with Crippen LogP contribution in [0.25, 0.3) is 0 Å². The molecule has 0 spiro atoms. The van der Waals surface area contributed by atoms with E-state index in [0.717, 1.165) is 18.4 Å². The van der Waals surface area contributed by atoms with Gasteiger partial charge in [-0.25, -0.2) is 0 Å². The van der Waals surface area contributed by atoms with Gasteiger partial charge in [0.25, 0.3) is 11.8 Å². The highest BCUT2D eigenvalue weighted by Gasteiger charge is 2.36. The Balaban J connectivity index is 1.48. The van der Waals surface area contributed by atoms with Crippen molar-refractivity contribution in [3.63, 3.8) is 0 Å². The van der Waals surface area contributed by atoms with Gasteiger partial charge in [-0.1, -0.05) is 41.4 Å². The van der Waals surface area contributed by atoms with Crippen LogP contribution in [0.4, 0.5) is 5.69 Å². The predicted octanol–water partition coefficient (Wildman–Crippen LogP) is 5.79. The first-order valence-corrected chi connectivity index (χ1v) is 11.9. The summed E-state index contributed by atoms with van der Waals surface area (Å²) in [5, 5.41) is 8.91. The molecule has 0 radical (unpaired) electrons. The monoisotopic (exact) mass is 488 g/mol. The molecule has 4 rings (SSSR count). The van der Waals surface area contributed by atoms with E-state index in [-0.39, 0.29) is 17.2 Å². The summed E-state index contributed by atoms with van der Waals surface area (Å²) in [5.41, 5.74) is 1.67. The number of hydrogen-bond acceptors (Lipinski definition) is 4. The van der Waals surface area contributed by atoms with Gasteiger partial charge in [-0.15, -0.1) is 11.3 Å². The predicted molar refractivity (Wildman–Crippen MR) is 129 cm³/mol. The number of carbonyl (C=O) groups excluding carboxylic acids is 2. The van der Waals surface area contributed by atoms with Crippen LogP contribution in [0.15, 0.2) is 60.0 Å². The Morgan fingerprint density at radius 3 is 2.53 bits per heavy atom. The van der Waals surface area contributed by atoms with Crippen LogP contribution < -0.4 is 10.6 Å². The molecule has 0 aliphatic carbocycles. The van der Waals surface area contributed by atoms with E-state index in [0.29, 0.717) is 45.9 Å². The molecule has 2 aromatic carbocycles. The van der Waals surface area contributed by atoms with E-state index < -0.39 is 0 Å². The summed E-state index contributed by atoms with van der Waals surface area (Å²) in [6.07, 6.45) is 1.48. The molecule has 32 heavy (non-hydrogen) atoms. The van der Waals surface area contributed by atoms with Crippen molar-refractivity contribution in [1.82, 2.24) is 5.32 Å². The van der Waals surface area contributed by atoms with Crippen molar-refractivity contribution in [2.75, 3.05) is 25.1 Å². The largest absolute Gasteiger partial charge is 0.381 e. The van der Waals surface area contributed by atoms with E-state index in [1.54, 1.807) is 36.4 Å². The number of anilines is 1. The molecule has 1 aliphatic heterocycles. The van der Waals surface area contributed by atoms with Crippen LogP contribution in [0.3, 0.4) is 0 Å².